The average molecular weight is 389 g/mol. The van der Waals surface area contributed by atoms with Gasteiger partial charge in [0, 0.05) is 0 Å². The molecule has 0 aliphatic heterocycles. The summed E-state index contributed by atoms with van der Waals surface area (Å²) in [5.41, 5.74) is 1.22. The smallest absolute Gasteiger partial charge is 0.338 e. The summed E-state index contributed by atoms with van der Waals surface area (Å²) in [5, 5.41) is 6.52. The molecule has 3 aromatic rings. The topological polar surface area (TPSA) is 86.1 Å². The normalized spacial score (nSPS) is 11.7. The predicted molar refractivity (Wildman–Crippen MR) is 96.3 cm³/mol. The Balaban J connectivity index is 1.62. The molecule has 0 spiro atoms. The van der Waals surface area contributed by atoms with Gasteiger partial charge in [0.05, 0.1) is 22.0 Å². The van der Waals surface area contributed by atoms with E-state index in [1.165, 1.54) is 30.3 Å². The number of nitrogens with zero attached hydrogens (tertiary/aromatic N) is 3. The van der Waals surface area contributed by atoms with E-state index in [1.807, 2.05) is 0 Å². The Morgan fingerprint density at radius 2 is 1.96 bits per heavy atom. The van der Waals surface area contributed by atoms with Crippen molar-refractivity contribution >= 4 is 29.2 Å². The van der Waals surface area contributed by atoms with Crippen LogP contribution in [0.25, 0.3) is 5.69 Å². The van der Waals surface area contributed by atoms with Crippen molar-refractivity contribution in [2.45, 2.75) is 13.0 Å². The molecule has 1 aromatic heterocycles. The maximum absolute atomic E-state index is 13.0. The van der Waals surface area contributed by atoms with Crippen LogP contribution in [0.5, 0.6) is 0 Å². The largest absolute Gasteiger partial charge is 0.449 e. The molecule has 0 radical (unpaired) electrons. The van der Waals surface area contributed by atoms with E-state index in [1.54, 1.807) is 24.3 Å². The number of carbonyl (C=O) groups is 2. The highest BCUT2D eigenvalue weighted by Gasteiger charge is 2.20. The summed E-state index contributed by atoms with van der Waals surface area (Å²) in [7, 11) is 0. The molecule has 1 heterocycles. The van der Waals surface area contributed by atoms with E-state index in [-0.39, 0.29) is 16.3 Å². The zero-order chi connectivity index (χ0) is 19.4. The van der Waals surface area contributed by atoms with Gasteiger partial charge in [-0.15, -0.1) is 0 Å². The molecule has 1 N–H and O–H groups in total. The third-order valence-electron chi connectivity index (χ3n) is 3.63. The van der Waals surface area contributed by atoms with Crippen molar-refractivity contribution in [3.05, 3.63) is 71.5 Å². The van der Waals surface area contributed by atoms with Crippen LogP contribution in [0.1, 0.15) is 17.3 Å². The average Bonchev–Trinajstić information content (AvgIpc) is 3.18. The van der Waals surface area contributed by atoms with Crippen molar-refractivity contribution in [1.82, 2.24) is 14.8 Å². The van der Waals surface area contributed by atoms with Crippen molar-refractivity contribution in [3.63, 3.8) is 0 Å². The fourth-order valence-electron chi connectivity index (χ4n) is 2.20. The standard InChI is InChI=1S/C18H14ClFN4O3/c1-11(17(25)23-16-7-4-13(20)8-15(16)19)27-18(26)12-2-5-14(6-3-12)24-10-21-9-22-24/h2-11H,1H3,(H,23,25)/t11-/m1/s1. The molecule has 3 rings (SSSR count). The van der Waals surface area contributed by atoms with E-state index < -0.39 is 23.8 Å². The van der Waals surface area contributed by atoms with Gasteiger partial charge in [-0.2, -0.15) is 5.10 Å². The Morgan fingerprint density at radius 3 is 2.59 bits per heavy atom. The number of anilines is 1. The number of carbonyl (C=O) groups excluding carboxylic acids is 2. The van der Waals surface area contributed by atoms with Gasteiger partial charge in [-0.25, -0.2) is 18.9 Å². The monoisotopic (exact) mass is 388 g/mol. The number of nitrogens with one attached hydrogen (secondary N) is 1. The second-order valence-corrected chi connectivity index (χ2v) is 5.96. The summed E-state index contributed by atoms with van der Waals surface area (Å²) in [6.45, 7) is 1.43. The SMILES string of the molecule is C[C@@H](OC(=O)c1ccc(-n2cncn2)cc1)C(=O)Nc1ccc(F)cc1Cl. The lowest BCUT2D eigenvalue weighted by Crippen LogP contribution is -2.30. The van der Waals surface area contributed by atoms with Crippen LogP contribution in [0.3, 0.4) is 0 Å². The van der Waals surface area contributed by atoms with E-state index in [9.17, 15) is 14.0 Å². The molecule has 27 heavy (non-hydrogen) atoms. The van der Waals surface area contributed by atoms with Gasteiger partial charge in [0.1, 0.15) is 18.5 Å². The highest BCUT2D eigenvalue weighted by molar-refractivity contribution is 6.33. The maximum Gasteiger partial charge on any atom is 0.338 e. The second kappa shape index (κ2) is 7.96. The predicted octanol–water partition coefficient (Wildman–Crippen LogP) is 3.24. The Hall–Kier alpha value is -3.26. The third-order valence-corrected chi connectivity index (χ3v) is 3.94. The van der Waals surface area contributed by atoms with Crippen LogP contribution in [0.4, 0.5) is 10.1 Å². The molecule has 7 nitrogen and oxygen atoms in total. The number of ether oxygens (including phenoxy) is 1. The van der Waals surface area contributed by atoms with Crippen molar-refractivity contribution in [2.75, 3.05) is 5.32 Å². The van der Waals surface area contributed by atoms with Crippen molar-refractivity contribution in [1.29, 1.82) is 0 Å². The minimum atomic E-state index is -1.08. The van der Waals surface area contributed by atoms with Crippen LogP contribution < -0.4 is 5.32 Å². The van der Waals surface area contributed by atoms with Crippen LogP contribution in [-0.4, -0.2) is 32.7 Å². The summed E-state index contributed by atoms with van der Waals surface area (Å²) in [6.07, 6.45) is 1.85. The molecule has 0 saturated heterocycles. The molecule has 9 heteroatoms. The van der Waals surface area contributed by atoms with Crippen LogP contribution in [0.15, 0.2) is 55.1 Å². The Kier molecular flexibility index (Phi) is 5.46. The van der Waals surface area contributed by atoms with E-state index >= 15 is 0 Å². The summed E-state index contributed by atoms with van der Waals surface area (Å²) >= 11 is 5.86. The van der Waals surface area contributed by atoms with Gasteiger partial charge in [-0.05, 0) is 49.4 Å². The van der Waals surface area contributed by atoms with Gasteiger partial charge in [0.15, 0.2) is 6.10 Å². The first-order valence-electron chi connectivity index (χ1n) is 7.86. The highest BCUT2D eigenvalue weighted by Crippen LogP contribution is 2.22. The van der Waals surface area contributed by atoms with Gasteiger partial charge >= 0.3 is 5.97 Å². The van der Waals surface area contributed by atoms with Crippen molar-refractivity contribution < 1.29 is 18.7 Å². The second-order valence-electron chi connectivity index (χ2n) is 5.55. The number of benzene rings is 2. The minimum absolute atomic E-state index is 0.0468. The summed E-state index contributed by atoms with van der Waals surface area (Å²) in [4.78, 5) is 28.2. The van der Waals surface area contributed by atoms with Crippen LogP contribution >= 0.6 is 11.6 Å². The van der Waals surface area contributed by atoms with E-state index in [0.717, 1.165) is 17.8 Å². The molecule has 0 fully saturated rings. The fourth-order valence-corrected chi connectivity index (χ4v) is 2.41. The number of rotatable bonds is 5. The van der Waals surface area contributed by atoms with Crippen molar-refractivity contribution in [3.8, 4) is 5.69 Å². The lowest BCUT2D eigenvalue weighted by Gasteiger charge is -2.14. The molecular weight excluding hydrogens is 375 g/mol. The van der Waals surface area contributed by atoms with Gasteiger partial charge < -0.3 is 10.1 Å². The number of aromatic nitrogens is 3. The van der Waals surface area contributed by atoms with E-state index in [2.05, 4.69) is 15.4 Å². The van der Waals surface area contributed by atoms with Crippen LogP contribution in [-0.2, 0) is 9.53 Å². The number of amides is 1. The Bertz CT molecular complexity index is 961. The summed E-state index contributed by atoms with van der Waals surface area (Å²) in [6, 6.07) is 10.0. The Morgan fingerprint density at radius 1 is 1.22 bits per heavy atom. The molecule has 1 atom stereocenters. The first-order chi connectivity index (χ1) is 12.9. The van der Waals surface area contributed by atoms with Gasteiger partial charge in [-0.1, -0.05) is 11.6 Å². The quantitative estimate of drug-likeness (QED) is 0.678. The van der Waals surface area contributed by atoms with Crippen LogP contribution in [0.2, 0.25) is 5.02 Å². The number of halogens is 2. The fraction of sp³-hybridized carbons (Fsp3) is 0.111. The summed E-state index contributed by atoms with van der Waals surface area (Å²) in [5.74, 6) is -1.77. The molecule has 1 amide bonds. The first kappa shape index (κ1) is 18.5. The number of hydrogen-bond donors (Lipinski definition) is 1. The first-order valence-corrected chi connectivity index (χ1v) is 8.24. The van der Waals surface area contributed by atoms with Gasteiger partial charge in [0.25, 0.3) is 5.91 Å². The van der Waals surface area contributed by atoms with Gasteiger partial charge in [-0.3, -0.25) is 4.79 Å². The van der Waals surface area contributed by atoms with E-state index in [4.69, 9.17) is 16.3 Å². The minimum Gasteiger partial charge on any atom is -0.449 e. The molecule has 0 unspecified atom stereocenters. The number of hydrogen-bond acceptors (Lipinski definition) is 5. The zero-order valence-corrected chi connectivity index (χ0v) is 14.9. The lowest BCUT2D eigenvalue weighted by atomic mass is 10.2. The zero-order valence-electron chi connectivity index (χ0n) is 14.1. The molecule has 0 bridgehead atoms. The van der Waals surface area contributed by atoms with Crippen LogP contribution in [0, 0.1) is 5.82 Å². The Labute approximate surface area is 158 Å². The molecule has 138 valence electrons. The molecule has 0 aliphatic carbocycles. The number of esters is 1. The lowest BCUT2D eigenvalue weighted by molar-refractivity contribution is -0.123. The molecule has 0 aliphatic rings. The van der Waals surface area contributed by atoms with Crippen molar-refractivity contribution in [2.24, 2.45) is 0 Å². The highest BCUT2D eigenvalue weighted by atomic mass is 35.5. The van der Waals surface area contributed by atoms with Gasteiger partial charge in [0.2, 0.25) is 0 Å². The molecular formula is C18H14ClFN4O3. The molecule has 0 saturated carbocycles. The summed E-state index contributed by atoms with van der Waals surface area (Å²) < 4.78 is 19.7. The third kappa shape index (κ3) is 4.48. The maximum atomic E-state index is 13.0. The van der Waals surface area contributed by atoms with E-state index in [0.29, 0.717) is 0 Å². The molecule has 2 aromatic carbocycles.